The van der Waals surface area contributed by atoms with Gasteiger partial charge >= 0.3 is 0 Å². The number of aromatic nitrogens is 1. The molecule has 140 valence electrons. The molecule has 1 N–H and O–H groups in total. The van der Waals surface area contributed by atoms with E-state index < -0.39 is 15.8 Å². The van der Waals surface area contributed by atoms with Gasteiger partial charge in [0.2, 0.25) is 15.8 Å². The van der Waals surface area contributed by atoms with Crippen molar-refractivity contribution in [2.45, 2.75) is 30.7 Å². The maximum absolute atomic E-state index is 13.3. The number of amides is 1. The minimum absolute atomic E-state index is 0.0523. The second-order valence-corrected chi connectivity index (χ2v) is 8.41. The van der Waals surface area contributed by atoms with E-state index in [4.69, 9.17) is 16.1 Å². The van der Waals surface area contributed by atoms with Gasteiger partial charge in [0.15, 0.2) is 0 Å². The first-order chi connectivity index (χ1) is 12.3. The summed E-state index contributed by atoms with van der Waals surface area (Å²) in [5.74, 6) is -0.926. The Labute approximate surface area is 155 Å². The number of nitrogens with one attached hydrogen (secondary N) is 1. The number of rotatable bonds is 4. The Balaban J connectivity index is 1.62. The molecule has 1 aliphatic heterocycles. The molecule has 1 amide bonds. The fraction of sp³-hybridized carbons (Fsp3) is 0.375. The van der Waals surface area contributed by atoms with Crippen LogP contribution in [0.4, 0.5) is 4.39 Å². The molecule has 0 aliphatic carbocycles. The number of piperidine rings is 1. The lowest BCUT2D eigenvalue weighted by atomic mass is 10.1. The standard InChI is InChI=1S/C16H17ClFN3O4S/c1-10-8-15(25-20-10)16(22)19-11-4-6-21(7-5-11)26(23,24)12-2-3-14(18)13(17)9-12/h2-3,8-9,11H,4-7H2,1H3,(H,19,22). The highest BCUT2D eigenvalue weighted by atomic mass is 35.5. The first-order valence-electron chi connectivity index (χ1n) is 7.97. The lowest BCUT2D eigenvalue weighted by Crippen LogP contribution is -2.46. The first kappa shape index (κ1) is 18.8. The molecule has 0 unspecified atom stereocenters. The second kappa shape index (κ2) is 7.34. The van der Waals surface area contributed by atoms with Gasteiger partial charge in [0.25, 0.3) is 5.91 Å². The number of halogens is 2. The molecule has 2 heterocycles. The summed E-state index contributed by atoms with van der Waals surface area (Å²) >= 11 is 5.68. The highest BCUT2D eigenvalue weighted by molar-refractivity contribution is 7.89. The van der Waals surface area contributed by atoms with Gasteiger partial charge in [-0.3, -0.25) is 4.79 Å². The SMILES string of the molecule is Cc1cc(C(=O)NC2CCN(S(=O)(=O)c3ccc(F)c(Cl)c3)CC2)on1. The summed E-state index contributed by atoms with van der Waals surface area (Å²) in [5, 5.41) is 6.23. The summed E-state index contributed by atoms with van der Waals surface area (Å²) in [6, 6.07) is 4.69. The van der Waals surface area contributed by atoms with Crippen LogP contribution < -0.4 is 5.32 Å². The fourth-order valence-corrected chi connectivity index (χ4v) is 4.50. The minimum Gasteiger partial charge on any atom is -0.351 e. The molecule has 1 saturated heterocycles. The molecule has 0 atom stereocenters. The van der Waals surface area contributed by atoms with E-state index in [1.165, 1.54) is 16.4 Å². The van der Waals surface area contributed by atoms with Gasteiger partial charge in [-0.1, -0.05) is 16.8 Å². The van der Waals surface area contributed by atoms with Crippen LogP contribution in [0, 0.1) is 12.7 Å². The quantitative estimate of drug-likeness (QED) is 0.848. The second-order valence-electron chi connectivity index (χ2n) is 6.06. The summed E-state index contributed by atoms with van der Waals surface area (Å²) in [6.45, 7) is 2.18. The zero-order valence-electron chi connectivity index (χ0n) is 13.9. The Morgan fingerprint density at radius 1 is 1.35 bits per heavy atom. The number of nitrogens with zero attached hydrogens (tertiary/aromatic N) is 2. The van der Waals surface area contributed by atoms with Crippen molar-refractivity contribution >= 4 is 27.5 Å². The number of hydrogen-bond donors (Lipinski definition) is 1. The van der Waals surface area contributed by atoms with Crippen LogP contribution in [0.15, 0.2) is 33.7 Å². The van der Waals surface area contributed by atoms with Gasteiger partial charge < -0.3 is 9.84 Å². The van der Waals surface area contributed by atoms with Crippen molar-refractivity contribution in [1.82, 2.24) is 14.8 Å². The summed E-state index contributed by atoms with van der Waals surface area (Å²) < 4.78 is 44.7. The third-order valence-electron chi connectivity index (χ3n) is 4.17. The van der Waals surface area contributed by atoms with Crippen molar-refractivity contribution < 1.29 is 22.1 Å². The van der Waals surface area contributed by atoms with Gasteiger partial charge in [0.05, 0.1) is 15.6 Å². The number of hydrogen-bond acceptors (Lipinski definition) is 5. The molecule has 10 heteroatoms. The predicted molar refractivity (Wildman–Crippen MR) is 91.9 cm³/mol. The molecule has 1 fully saturated rings. The Bertz CT molecular complexity index is 923. The normalized spacial score (nSPS) is 16.6. The van der Waals surface area contributed by atoms with Crippen molar-refractivity contribution in [3.8, 4) is 0 Å². The molecule has 2 aromatic rings. The molecular weight excluding hydrogens is 385 g/mol. The molecule has 1 aromatic heterocycles. The van der Waals surface area contributed by atoms with Crippen molar-refractivity contribution in [2.24, 2.45) is 0 Å². The molecular formula is C16H17ClFN3O4S. The molecule has 3 rings (SSSR count). The minimum atomic E-state index is -3.76. The van der Waals surface area contributed by atoms with Crippen LogP contribution in [-0.4, -0.2) is 42.9 Å². The Kier molecular flexibility index (Phi) is 5.31. The zero-order chi connectivity index (χ0) is 18.9. The lowest BCUT2D eigenvalue weighted by Gasteiger charge is -2.31. The molecule has 7 nitrogen and oxygen atoms in total. The van der Waals surface area contributed by atoms with E-state index in [9.17, 15) is 17.6 Å². The summed E-state index contributed by atoms with van der Waals surface area (Å²) in [6.07, 6.45) is 0.903. The van der Waals surface area contributed by atoms with Gasteiger partial charge in [0.1, 0.15) is 5.82 Å². The van der Waals surface area contributed by atoms with Crippen molar-refractivity contribution in [2.75, 3.05) is 13.1 Å². The van der Waals surface area contributed by atoms with E-state index in [0.29, 0.717) is 18.5 Å². The Morgan fingerprint density at radius 2 is 2.04 bits per heavy atom. The number of carbonyl (C=O) groups excluding carboxylic acids is 1. The van der Waals surface area contributed by atoms with Gasteiger partial charge in [-0.25, -0.2) is 12.8 Å². The maximum atomic E-state index is 13.3. The van der Waals surface area contributed by atoms with Crippen LogP contribution >= 0.6 is 11.6 Å². The smallest absolute Gasteiger partial charge is 0.290 e. The highest BCUT2D eigenvalue weighted by Gasteiger charge is 2.30. The molecule has 0 saturated carbocycles. The number of sulfonamides is 1. The Hall–Kier alpha value is -1.97. The summed E-state index contributed by atoms with van der Waals surface area (Å²) in [4.78, 5) is 12.0. The van der Waals surface area contributed by atoms with E-state index in [1.54, 1.807) is 6.92 Å². The average molecular weight is 402 g/mol. The van der Waals surface area contributed by atoms with Crippen molar-refractivity contribution in [1.29, 1.82) is 0 Å². The number of aryl methyl sites for hydroxylation is 1. The van der Waals surface area contributed by atoms with Crippen LogP contribution in [0.25, 0.3) is 0 Å². The monoisotopic (exact) mass is 401 g/mol. The summed E-state index contributed by atoms with van der Waals surface area (Å²) in [7, 11) is -3.76. The predicted octanol–water partition coefficient (Wildman–Crippen LogP) is 2.36. The Morgan fingerprint density at radius 3 is 2.62 bits per heavy atom. The van der Waals surface area contributed by atoms with E-state index in [-0.39, 0.29) is 40.7 Å². The van der Waals surface area contributed by atoms with Crippen molar-refractivity contribution in [3.05, 3.63) is 46.6 Å². The van der Waals surface area contributed by atoms with Crippen LogP contribution in [0.2, 0.25) is 5.02 Å². The molecule has 26 heavy (non-hydrogen) atoms. The zero-order valence-corrected chi connectivity index (χ0v) is 15.5. The molecule has 0 bridgehead atoms. The topological polar surface area (TPSA) is 92.5 Å². The van der Waals surface area contributed by atoms with Crippen LogP contribution in [0.5, 0.6) is 0 Å². The largest absolute Gasteiger partial charge is 0.351 e. The third kappa shape index (κ3) is 3.89. The first-order valence-corrected chi connectivity index (χ1v) is 9.78. The molecule has 0 spiro atoms. The van der Waals surface area contributed by atoms with E-state index in [2.05, 4.69) is 10.5 Å². The number of carbonyl (C=O) groups is 1. The van der Waals surface area contributed by atoms with Gasteiger partial charge in [-0.05, 0) is 38.0 Å². The highest BCUT2D eigenvalue weighted by Crippen LogP contribution is 2.24. The molecule has 0 radical (unpaired) electrons. The van der Waals surface area contributed by atoms with Gasteiger partial charge in [-0.15, -0.1) is 0 Å². The van der Waals surface area contributed by atoms with Gasteiger partial charge in [0, 0.05) is 25.2 Å². The lowest BCUT2D eigenvalue weighted by molar-refractivity contribution is 0.0886. The summed E-state index contributed by atoms with van der Waals surface area (Å²) in [5.41, 5.74) is 0.606. The van der Waals surface area contributed by atoms with Crippen molar-refractivity contribution in [3.63, 3.8) is 0 Å². The fourth-order valence-electron chi connectivity index (χ4n) is 2.75. The van der Waals surface area contributed by atoms with E-state index in [1.807, 2.05) is 0 Å². The molecule has 1 aromatic carbocycles. The van der Waals surface area contributed by atoms with E-state index in [0.717, 1.165) is 12.1 Å². The van der Waals surface area contributed by atoms with Crippen LogP contribution in [-0.2, 0) is 10.0 Å². The van der Waals surface area contributed by atoms with Gasteiger partial charge in [-0.2, -0.15) is 4.31 Å². The van der Waals surface area contributed by atoms with Crippen LogP contribution in [0.1, 0.15) is 29.1 Å². The number of benzene rings is 1. The van der Waals surface area contributed by atoms with E-state index >= 15 is 0 Å². The van der Waals surface area contributed by atoms with Crippen LogP contribution in [0.3, 0.4) is 0 Å². The molecule has 1 aliphatic rings. The maximum Gasteiger partial charge on any atom is 0.290 e. The third-order valence-corrected chi connectivity index (χ3v) is 6.35. The average Bonchev–Trinajstić information content (AvgIpc) is 3.04.